The van der Waals surface area contributed by atoms with Crippen LogP contribution in [0.3, 0.4) is 0 Å². The zero-order chi connectivity index (χ0) is 6.57. The van der Waals surface area contributed by atoms with Gasteiger partial charge in [-0.15, -0.1) is 0 Å². The fraction of sp³-hybridized carbons (Fsp3) is 0.667. The van der Waals surface area contributed by atoms with E-state index in [0.29, 0.717) is 0 Å². The minimum absolute atomic E-state index is 0. The van der Waals surface area contributed by atoms with Gasteiger partial charge in [0.2, 0.25) is 0 Å². The van der Waals surface area contributed by atoms with Crippen molar-refractivity contribution < 1.29 is 31.3 Å². The number of primary amides is 1. The molecule has 62 valence electrons. The Bertz CT molecular complexity index is 83.8. The topological polar surface area (TPSA) is 74.6 Å². The number of hydrogen-bond donors (Lipinski definition) is 1. The summed E-state index contributed by atoms with van der Waals surface area (Å²) in [6, 6.07) is 0. The van der Waals surface area contributed by atoms with E-state index in [4.69, 9.17) is 5.73 Å². The summed E-state index contributed by atoms with van der Waals surface area (Å²) >= 11 is 0. The van der Waals surface area contributed by atoms with E-state index >= 15 is 0 Å². The summed E-state index contributed by atoms with van der Waals surface area (Å²) in [4.78, 5) is 10.3. The van der Waals surface area contributed by atoms with Crippen LogP contribution in [0.2, 0.25) is 0 Å². The molecule has 0 saturated heterocycles. The van der Waals surface area contributed by atoms with Gasteiger partial charge in [0.25, 0.3) is 0 Å². The average Bonchev–Trinajstić information content (AvgIpc) is 1.69. The van der Waals surface area contributed by atoms with Crippen LogP contribution in [0.1, 0.15) is 26.7 Å². The Hall–Kier alpha value is -0.0117. The zero-order valence-corrected chi connectivity index (χ0v) is 8.32. The summed E-state index contributed by atoms with van der Waals surface area (Å²) in [6.07, 6.45) is 1.57. The Morgan fingerprint density at radius 1 is 1.40 bits per heavy atom. The SMILES string of the molecule is CC[C-](CC)C(N)=O.O.[Mo]. The van der Waals surface area contributed by atoms with Crippen molar-refractivity contribution in [3.8, 4) is 0 Å². The van der Waals surface area contributed by atoms with Gasteiger partial charge in [0.15, 0.2) is 0 Å². The number of amides is 1. The summed E-state index contributed by atoms with van der Waals surface area (Å²) in [5.74, 6) is 0.569. The zero-order valence-electron chi connectivity index (χ0n) is 6.31. The second kappa shape index (κ2) is 8.99. The Morgan fingerprint density at radius 3 is 1.70 bits per heavy atom. The molecule has 0 saturated carbocycles. The largest absolute Gasteiger partial charge is 0.412 e. The molecule has 0 aliphatic heterocycles. The molecule has 0 fully saturated rings. The van der Waals surface area contributed by atoms with Gasteiger partial charge in [-0.2, -0.15) is 12.8 Å². The van der Waals surface area contributed by atoms with E-state index in [0.717, 1.165) is 18.8 Å². The third-order valence-electron chi connectivity index (χ3n) is 1.20. The third-order valence-corrected chi connectivity index (χ3v) is 1.20. The summed E-state index contributed by atoms with van der Waals surface area (Å²) in [6.45, 7) is 3.87. The van der Waals surface area contributed by atoms with Crippen LogP contribution in [0.5, 0.6) is 0 Å². The first-order chi connectivity index (χ1) is 3.72. The maximum atomic E-state index is 10.3. The van der Waals surface area contributed by atoms with E-state index in [-0.39, 0.29) is 32.4 Å². The van der Waals surface area contributed by atoms with Gasteiger partial charge < -0.3 is 16.0 Å². The molecule has 0 aliphatic carbocycles. The molecule has 4 N–H and O–H groups in total. The number of carbonyl (C=O) groups excluding carboxylic acids is 1. The fourth-order valence-corrected chi connectivity index (χ4v) is 0.598. The van der Waals surface area contributed by atoms with Crippen molar-refractivity contribution >= 4 is 5.91 Å². The Balaban J connectivity index is -0.000000245. The molecule has 0 unspecified atom stereocenters. The second-order valence-corrected chi connectivity index (χ2v) is 1.67. The maximum absolute atomic E-state index is 10.3. The van der Waals surface area contributed by atoms with E-state index in [1.54, 1.807) is 0 Å². The van der Waals surface area contributed by atoms with E-state index in [1.165, 1.54) is 0 Å². The molecular weight excluding hydrogens is 214 g/mol. The van der Waals surface area contributed by atoms with Crippen molar-refractivity contribution in [3.63, 3.8) is 0 Å². The van der Waals surface area contributed by atoms with Crippen molar-refractivity contribution in [2.75, 3.05) is 0 Å². The van der Waals surface area contributed by atoms with E-state index < -0.39 is 0 Å². The van der Waals surface area contributed by atoms with Crippen LogP contribution in [0.15, 0.2) is 0 Å². The minimum Gasteiger partial charge on any atom is -0.412 e. The Kier molecular flexibility index (Phi) is 14.9. The van der Waals surface area contributed by atoms with Gasteiger partial charge in [-0.3, -0.25) is 5.92 Å². The Morgan fingerprint density at radius 2 is 1.70 bits per heavy atom. The molecule has 0 rings (SSSR count). The molecule has 0 aromatic heterocycles. The van der Waals surface area contributed by atoms with Crippen LogP contribution in [-0.4, -0.2) is 11.4 Å². The molecular formula is C6H14MoNO2-. The smallest absolute Gasteiger partial charge is 0.0825 e. The molecule has 1 amide bonds. The van der Waals surface area contributed by atoms with Crippen molar-refractivity contribution in [3.05, 3.63) is 5.92 Å². The molecule has 0 heterocycles. The average molecular weight is 228 g/mol. The molecule has 0 spiro atoms. The number of carbonyl (C=O) groups is 1. The van der Waals surface area contributed by atoms with Crippen LogP contribution in [0.25, 0.3) is 0 Å². The third kappa shape index (κ3) is 6.11. The number of rotatable bonds is 3. The van der Waals surface area contributed by atoms with Gasteiger partial charge >= 0.3 is 0 Å². The first-order valence-electron chi connectivity index (χ1n) is 2.86. The molecule has 4 heteroatoms. The normalized spacial score (nSPS) is 7.00. The van der Waals surface area contributed by atoms with Crippen LogP contribution >= 0.6 is 0 Å². The standard InChI is InChI=1S/C6H12NO.Mo.H2O/c1-3-5(4-2)6(7)8;;/h3-4H2,1-2H3,(H2,7,8);;1H2/q-1;;. The van der Waals surface area contributed by atoms with Gasteiger partial charge in [0, 0.05) is 21.1 Å². The predicted molar refractivity (Wildman–Crippen MR) is 36.6 cm³/mol. The monoisotopic (exact) mass is 230 g/mol. The molecule has 3 nitrogen and oxygen atoms in total. The van der Waals surface area contributed by atoms with E-state index in [1.807, 2.05) is 13.8 Å². The molecule has 0 atom stereocenters. The summed E-state index contributed by atoms with van der Waals surface area (Å²) < 4.78 is 0. The van der Waals surface area contributed by atoms with Crippen LogP contribution in [0.4, 0.5) is 0 Å². The van der Waals surface area contributed by atoms with Gasteiger partial charge in [0.1, 0.15) is 0 Å². The van der Waals surface area contributed by atoms with Crippen LogP contribution in [-0.2, 0) is 25.9 Å². The first-order valence-corrected chi connectivity index (χ1v) is 2.86. The van der Waals surface area contributed by atoms with E-state index in [9.17, 15) is 4.79 Å². The van der Waals surface area contributed by atoms with Gasteiger partial charge in [0.05, 0.1) is 5.91 Å². The summed E-state index contributed by atoms with van der Waals surface area (Å²) in [7, 11) is 0. The van der Waals surface area contributed by atoms with Crippen molar-refractivity contribution in [2.45, 2.75) is 26.7 Å². The number of hydrogen-bond acceptors (Lipinski definition) is 1. The van der Waals surface area contributed by atoms with E-state index in [2.05, 4.69) is 0 Å². The number of nitrogens with two attached hydrogens (primary N) is 1. The summed E-state index contributed by atoms with van der Waals surface area (Å²) in [5, 5.41) is 0. The van der Waals surface area contributed by atoms with Gasteiger partial charge in [-0.05, 0) is 0 Å². The van der Waals surface area contributed by atoms with Crippen molar-refractivity contribution in [1.82, 2.24) is 0 Å². The molecule has 0 aromatic carbocycles. The van der Waals surface area contributed by atoms with Gasteiger partial charge in [-0.25, -0.2) is 0 Å². The molecule has 0 radical (unpaired) electrons. The molecule has 10 heavy (non-hydrogen) atoms. The fourth-order valence-electron chi connectivity index (χ4n) is 0.598. The second-order valence-electron chi connectivity index (χ2n) is 1.67. The summed E-state index contributed by atoms with van der Waals surface area (Å²) in [5.41, 5.74) is 4.98. The quantitative estimate of drug-likeness (QED) is 0.537. The van der Waals surface area contributed by atoms with Crippen molar-refractivity contribution in [1.29, 1.82) is 0 Å². The molecule has 0 bridgehead atoms. The van der Waals surface area contributed by atoms with Gasteiger partial charge in [-0.1, -0.05) is 13.8 Å². The predicted octanol–water partition coefficient (Wildman–Crippen LogP) is 0.0390. The Labute approximate surface area is 75.9 Å². The maximum Gasteiger partial charge on any atom is 0.0825 e. The molecule has 0 aromatic rings. The molecule has 0 aliphatic rings. The van der Waals surface area contributed by atoms with Crippen molar-refractivity contribution in [2.24, 2.45) is 5.73 Å². The van der Waals surface area contributed by atoms with Crippen LogP contribution < -0.4 is 5.73 Å². The minimum atomic E-state index is -0.255. The van der Waals surface area contributed by atoms with Crippen LogP contribution in [0, 0.1) is 5.92 Å². The first kappa shape index (κ1) is 16.5.